The summed E-state index contributed by atoms with van der Waals surface area (Å²) >= 11 is 11.4. The third-order valence-corrected chi connectivity index (χ3v) is 1.80. The smallest absolute Gasteiger partial charge is 0.146 e. The molecular weight excluding hydrogens is 207 g/mol. The summed E-state index contributed by atoms with van der Waals surface area (Å²) in [6.07, 6.45) is 0. The predicted octanol–water partition coefficient (Wildman–Crippen LogP) is 1.96. The van der Waals surface area contributed by atoms with Crippen LogP contribution in [0.5, 0.6) is 0 Å². The van der Waals surface area contributed by atoms with Gasteiger partial charge in [-0.3, -0.25) is 0 Å². The van der Waals surface area contributed by atoms with Crippen molar-refractivity contribution in [2.45, 2.75) is 0 Å². The zero-order valence-electron chi connectivity index (χ0n) is 7.06. The highest BCUT2D eigenvalue weighted by molar-refractivity contribution is 6.33. The summed E-state index contributed by atoms with van der Waals surface area (Å²) in [6, 6.07) is 3.41. The molecular formula is C9H8Cl2N2. The third kappa shape index (κ3) is 3.23. The first-order valence-corrected chi connectivity index (χ1v) is 4.45. The molecule has 68 valence electrons. The van der Waals surface area contributed by atoms with Gasteiger partial charge in [-0.05, 0) is 19.2 Å². The van der Waals surface area contributed by atoms with Crippen LogP contribution in [0.15, 0.2) is 12.1 Å². The molecule has 0 unspecified atom stereocenters. The van der Waals surface area contributed by atoms with Gasteiger partial charge in [0, 0.05) is 0 Å². The van der Waals surface area contributed by atoms with Gasteiger partial charge in [-0.15, -0.1) is 0 Å². The van der Waals surface area contributed by atoms with E-state index in [1.54, 1.807) is 12.1 Å². The summed E-state index contributed by atoms with van der Waals surface area (Å²) in [5, 5.41) is 3.63. The molecule has 0 spiro atoms. The second-order valence-electron chi connectivity index (χ2n) is 2.30. The van der Waals surface area contributed by atoms with Crippen LogP contribution >= 0.6 is 23.2 Å². The second kappa shape index (κ2) is 5.08. The molecule has 0 aliphatic carbocycles. The summed E-state index contributed by atoms with van der Waals surface area (Å²) in [4.78, 5) is 3.86. The quantitative estimate of drug-likeness (QED) is 0.572. The lowest BCUT2D eigenvalue weighted by Crippen LogP contribution is -2.04. The molecule has 0 bridgehead atoms. The molecule has 0 saturated heterocycles. The molecule has 1 rings (SSSR count). The van der Waals surface area contributed by atoms with Crippen LogP contribution in [0.1, 0.15) is 5.56 Å². The molecule has 1 aromatic rings. The number of aromatic nitrogens is 1. The number of rotatable bonds is 1. The maximum atomic E-state index is 5.79. The molecule has 1 aromatic heterocycles. The molecule has 0 aliphatic rings. The number of hydrogen-bond acceptors (Lipinski definition) is 2. The number of pyridine rings is 1. The highest BCUT2D eigenvalue weighted by Gasteiger charge is 1.98. The largest absolute Gasteiger partial charge is 0.309 e. The van der Waals surface area contributed by atoms with Crippen molar-refractivity contribution in [3.05, 3.63) is 28.0 Å². The standard InChI is InChI=1S/C9H8Cl2N2/c1-12-6-2-3-7-4-5-8(10)13-9(7)11/h4-5,12H,6H2,1H3. The normalized spacial score (nSPS) is 9.15. The zero-order chi connectivity index (χ0) is 9.68. The highest BCUT2D eigenvalue weighted by Crippen LogP contribution is 2.14. The van der Waals surface area contributed by atoms with E-state index in [0.29, 0.717) is 22.4 Å². The van der Waals surface area contributed by atoms with E-state index in [-0.39, 0.29) is 0 Å². The monoisotopic (exact) mass is 214 g/mol. The van der Waals surface area contributed by atoms with Crippen LogP contribution in [-0.4, -0.2) is 18.6 Å². The van der Waals surface area contributed by atoms with E-state index in [2.05, 4.69) is 22.1 Å². The molecule has 0 atom stereocenters. The van der Waals surface area contributed by atoms with Crippen molar-refractivity contribution in [1.82, 2.24) is 10.3 Å². The van der Waals surface area contributed by atoms with E-state index >= 15 is 0 Å². The average molecular weight is 215 g/mol. The maximum absolute atomic E-state index is 5.79. The Morgan fingerprint density at radius 3 is 2.85 bits per heavy atom. The lowest BCUT2D eigenvalue weighted by atomic mass is 10.3. The molecule has 0 fully saturated rings. The van der Waals surface area contributed by atoms with E-state index in [4.69, 9.17) is 23.2 Å². The first kappa shape index (κ1) is 10.3. The Bertz CT molecular complexity index is 352. The summed E-state index contributed by atoms with van der Waals surface area (Å²) in [6.45, 7) is 0.624. The van der Waals surface area contributed by atoms with Gasteiger partial charge in [-0.1, -0.05) is 35.0 Å². The van der Waals surface area contributed by atoms with Gasteiger partial charge in [-0.25, -0.2) is 4.98 Å². The molecule has 2 nitrogen and oxygen atoms in total. The van der Waals surface area contributed by atoms with Crippen LogP contribution in [0.4, 0.5) is 0 Å². The predicted molar refractivity (Wildman–Crippen MR) is 55.1 cm³/mol. The maximum Gasteiger partial charge on any atom is 0.146 e. The SMILES string of the molecule is CNCC#Cc1ccc(Cl)nc1Cl. The Labute approximate surface area is 87.3 Å². The lowest BCUT2D eigenvalue weighted by Gasteiger charge is -1.94. The molecule has 1 heterocycles. The fraction of sp³-hybridized carbons (Fsp3) is 0.222. The summed E-state index contributed by atoms with van der Waals surface area (Å²) < 4.78 is 0. The molecule has 0 amide bonds. The van der Waals surface area contributed by atoms with Gasteiger partial charge in [0.2, 0.25) is 0 Å². The lowest BCUT2D eigenvalue weighted by molar-refractivity contribution is 0.938. The van der Waals surface area contributed by atoms with Crippen molar-refractivity contribution in [3.8, 4) is 11.8 Å². The van der Waals surface area contributed by atoms with E-state index < -0.39 is 0 Å². The average Bonchev–Trinajstić information content (AvgIpc) is 2.09. The van der Waals surface area contributed by atoms with Crippen molar-refractivity contribution in [2.24, 2.45) is 0 Å². The molecule has 4 heteroatoms. The zero-order valence-corrected chi connectivity index (χ0v) is 8.58. The highest BCUT2D eigenvalue weighted by atomic mass is 35.5. The Morgan fingerprint density at radius 1 is 1.46 bits per heavy atom. The Kier molecular flexibility index (Phi) is 4.04. The van der Waals surface area contributed by atoms with Gasteiger partial charge in [0.15, 0.2) is 0 Å². The van der Waals surface area contributed by atoms with E-state index in [0.717, 1.165) is 0 Å². The summed E-state index contributed by atoms with van der Waals surface area (Å²) in [5.74, 6) is 5.76. The Balaban J connectivity index is 2.85. The topological polar surface area (TPSA) is 24.9 Å². The molecule has 0 aromatic carbocycles. The fourth-order valence-electron chi connectivity index (χ4n) is 0.733. The summed E-state index contributed by atoms with van der Waals surface area (Å²) in [5.41, 5.74) is 0.696. The number of nitrogens with zero attached hydrogens (tertiary/aromatic N) is 1. The first-order valence-electron chi connectivity index (χ1n) is 3.69. The van der Waals surface area contributed by atoms with Crippen molar-refractivity contribution in [2.75, 3.05) is 13.6 Å². The number of nitrogens with one attached hydrogen (secondary N) is 1. The van der Waals surface area contributed by atoms with Crippen LogP contribution in [0.25, 0.3) is 0 Å². The minimum absolute atomic E-state index is 0.344. The minimum Gasteiger partial charge on any atom is -0.309 e. The Hall–Kier alpha value is -0.750. The Morgan fingerprint density at radius 2 is 2.23 bits per heavy atom. The van der Waals surface area contributed by atoms with Gasteiger partial charge in [0.1, 0.15) is 10.3 Å². The second-order valence-corrected chi connectivity index (χ2v) is 3.05. The van der Waals surface area contributed by atoms with Gasteiger partial charge in [-0.2, -0.15) is 0 Å². The molecule has 13 heavy (non-hydrogen) atoms. The van der Waals surface area contributed by atoms with E-state index in [1.165, 1.54) is 0 Å². The number of halogens is 2. The van der Waals surface area contributed by atoms with Gasteiger partial charge < -0.3 is 5.32 Å². The van der Waals surface area contributed by atoms with E-state index in [1.807, 2.05) is 7.05 Å². The molecule has 0 radical (unpaired) electrons. The summed E-state index contributed by atoms with van der Waals surface area (Å²) in [7, 11) is 1.83. The minimum atomic E-state index is 0.344. The van der Waals surface area contributed by atoms with Crippen LogP contribution in [0, 0.1) is 11.8 Å². The van der Waals surface area contributed by atoms with E-state index in [9.17, 15) is 0 Å². The van der Waals surface area contributed by atoms with Crippen molar-refractivity contribution < 1.29 is 0 Å². The van der Waals surface area contributed by atoms with Gasteiger partial charge in [0.05, 0.1) is 12.1 Å². The molecule has 1 N–H and O–H groups in total. The van der Waals surface area contributed by atoms with Crippen LogP contribution < -0.4 is 5.32 Å². The van der Waals surface area contributed by atoms with Crippen molar-refractivity contribution >= 4 is 23.2 Å². The third-order valence-electron chi connectivity index (χ3n) is 1.30. The van der Waals surface area contributed by atoms with Crippen LogP contribution in [-0.2, 0) is 0 Å². The van der Waals surface area contributed by atoms with Gasteiger partial charge >= 0.3 is 0 Å². The molecule has 0 aliphatic heterocycles. The van der Waals surface area contributed by atoms with Crippen molar-refractivity contribution in [1.29, 1.82) is 0 Å². The van der Waals surface area contributed by atoms with Crippen molar-refractivity contribution in [3.63, 3.8) is 0 Å². The van der Waals surface area contributed by atoms with Gasteiger partial charge in [0.25, 0.3) is 0 Å². The van der Waals surface area contributed by atoms with Crippen LogP contribution in [0.2, 0.25) is 10.3 Å². The van der Waals surface area contributed by atoms with Crippen LogP contribution in [0.3, 0.4) is 0 Å². The number of hydrogen-bond donors (Lipinski definition) is 1. The first-order chi connectivity index (χ1) is 6.24. The molecule has 0 saturated carbocycles. The fourth-order valence-corrected chi connectivity index (χ4v) is 1.13.